The molecule has 0 bridgehead atoms. The summed E-state index contributed by atoms with van der Waals surface area (Å²) in [6, 6.07) is 1.22. The maximum atomic E-state index is 11.5. The summed E-state index contributed by atoms with van der Waals surface area (Å²) in [6.07, 6.45) is 2.30. The van der Waals surface area contributed by atoms with E-state index in [1.54, 1.807) is 0 Å². The third-order valence-electron chi connectivity index (χ3n) is 2.31. The van der Waals surface area contributed by atoms with Gasteiger partial charge in [-0.1, -0.05) is 13.3 Å². The topological polar surface area (TPSA) is 85.4 Å². The Kier molecular flexibility index (Phi) is 3.65. The number of pyridine rings is 1. The van der Waals surface area contributed by atoms with Crippen LogP contribution in [-0.2, 0) is 6.42 Å². The number of unbranched alkanes of at least 4 members (excludes halogenated alkanes) is 1. The molecule has 6 nitrogen and oxygen atoms in total. The molecule has 6 heteroatoms. The first kappa shape index (κ1) is 12.2. The minimum absolute atomic E-state index is 0.495. The van der Waals surface area contributed by atoms with Crippen molar-refractivity contribution < 1.29 is 10.0 Å². The van der Waals surface area contributed by atoms with E-state index in [0.29, 0.717) is 12.1 Å². The Morgan fingerprint density at radius 3 is 2.75 bits per heavy atom. The zero-order valence-electron chi connectivity index (χ0n) is 8.97. The van der Waals surface area contributed by atoms with Crippen LogP contribution in [-0.4, -0.2) is 14.6 Å². The van der Waals surface area contributed by atoms with Crippen LogP contribution < -0.4 is 5.56 Å². The molecule has 0 fully saturated rings. The maximum Gasteiger partial charge on any atom is 0.375 e. The van der Waals surface area contributed by atoms with E-state index in [-0.39, 0.29) is 0 Å². The van der Waals surface area contributed by atoms with Crippen molar-refractivity contribution in [3.05, 3.63) is 39.3 Å². The molecule has 0 amide bonds. The fraction of sp³-hybridized carbons (Fsp3) is 0.400. The van der Waals surface area contributed by atoms with Crippen LogP contribution in [0.4, 0.5) is 5.69 Å². The smallest absolute Gasteiger partial charge is 0.375 e. The lowest BCUT2D eigenvalue weighted by atomic mass is 10.1. The summed E-state index contributed by atoms with van der Waals surface area (Å²) < 4.78 is 0.966. The van der Waals surface area contributed by atoms with Crippen LogP contribution in [0.1, 0.15) is 25.5 Å². The molecular weight excluding hydrogens is 212 g/mol. The van der Waals surface area contributed by atoms with E-state index in [2.05, 4.69) is 7.05 Å². The lowest BCUT2D eigenvalue weighted by Gasteiger charge is -2.07. The molecule has 0 spiro atoms. The molecule has 0 saturated carbocycles. The van der Waals surface area contributed by atoms with Crippen LogP contribution >= 0.6 is 0 Å². The molecule has 0 saturated heterocycles. The Morgan fingerprint density at radius 1 is 1.62 bits per heavy atom. The summed E-state index contributed by atoms with van der Waals surface area (Å²) in [5, 5.41) is 19.9. The molecule has 0 aliphatic heterocycles. The van der Waals surface area contributed by atoms with Crippen molar-refractivity contribution in [2.75, 3.05) is 0 Å². The Morgan fingerprint density at radius 2 is 2.25 bits per heavy atom. The first-order chi connectivity index (χ1) is 7.49. The van der Waals surface area contributed by atoms with E-state index in [1.807, 2.05) is 6.92 Å². The molecule has 1 aromatic rings. The molecule has 1 rings (SSSR count). The lowest BCUT2D eigenvalue weighted by Crippen LogP contribution is -2.21. The van der Waals surface area contributed by atoms with Crippen molar-refractivity contribution in [1.82, 2.24) is 4.57 Å². The number of hydrogen-bond acceptors (Lipinski definition) is 4. The zero-order valence-corrected chi connectivity index (χ0v) is 8.97. The Hall–Kier alpha value is -1.85. The quantitative estimate of drug-likeness (QED) is 0.620. The van der Waals surface area contributed by atoms with Crippen molar-refractivity contribution in [3.8, 4) is 5.75 Å². The number of aromatic hydroxyl groups is 1. The van der Waals surface area contributed by atoms with Crippen LogP contribution in [0.15, 0.2) is 10.9 Å². The lowest BCUT2D eigenvalue weighted by molar-refractivity contribution is -0.387. The predicted molar refractivity (Wildman–Crippen MR) is 58.4 cm³/mol. The third kappa shape index (κ3) is 2.21. The highest BCUT2D eigenvalue weighted by Gasteiger charge is 2.22. The number of aryl methyl sites for hydroxylation is 1. The molecule has 1 aromatic heterocycles. The highest BCUT2D eigenvalue weighted by atomic mass is 16.6. The summed E-state index contributed by atoms with van der Waals surface area (Å²) in [7, 11) is 3.45. The van der Waals surface area contributed by atoms with E-state index in [1.165, 1.54) is 6.07 Å². The number of nitrogens with zero attached hydrogens (tertiary/aromatic N) is 2. The van der Waals surface area contributed by atoms with Crippen molar-refractivity contribution in [2.45, 2.75) is 26.2 Å². The SMILES string of the molecule is [CH2]n1c(CCCC)cc(O)c([N+](=O)[O-])c1=O. The van der Waals surface area contributed by atoms with Gasteiger partial charge in [-0.2, -0.15) is 0 Å². The van der Waals surface area contributed by atoms with Gasteiger partial charge in [0.2, 0.25) is 5.75 Å². The first-order valence-corrected chi connectivity index (χ1v) is 4.92. The van der Waals surface area contributed by atoms with Gasteiger partial charge in [-0.15, -0.1) is 0 Å². The van der Waals surface area contributed by atoms with E-state index >= 15 is 0 Å². The third-order valence-corrected chi connectivity index (χ3v) is 2.31. The van der Waals surface area contributed by atoms with Gasteiger partial charge in [0.25, 0.3) is 0 Å². The summed E-state index contributed by atoms with van der Waals surface area (Å²) >= 11 is 0. The average Bonchev–Trinajstić information content (AvgIpc) is 2.21. The molecule has 0 aromatic carbocycles. The summed E-state index contributed by atoms with van der Waals surface area (Å²) in [5.41, 5.74) is -1.21. The number of hydrogen-bond donors (Lipinski definition) is 1. The van der Waals surface area contributed by atoms with Crippen LogP contribution in [0.5, 0.6) is 5.75 Å². The normalized spacial score (nSPS) is 10.4. The van der Waals surface area contributed by atoms with Gasteiger partial charge in [-0.05, 0) is 12.8 Å². The second-order valence-electron chi connectivity index (χ2n) is 3.46. The van der Waals surface area contributed by atoms with Crippen molar-refractivity contribution >= 4 is 5.69 Å². The Balaban J connectivity index is 3.28. The standard InChI is InChI=1S/C10H13N2O4/c1-3-4-5-7-6-8(13)9(12(15)16)10(14)11(7)2/h6,13H,2-5H2,1H3. The monoisotopic (exact) mass is 225 g/mol. The summed E-state index contributed by atoms with van der Waals surface area (Å²) in [5.74, 6) is -0.596. The Labute approximate surface area is 92.3 Å². The van der Waals surface area contributed by atoms with Crippen molar-refractivity contribution in [1.29, 1.82) is 0 Å². The molecule has 16 heavy (non-hydrogen) atoms. The van der Waals surface area contributed by atoms with E-state index in [0.717, 1.165) is 17.4 Å². The van der Waals surface area contributed by atoms with Crippen LogP contribution in [0.25, 0.3) is 0 Å². The molecule has 0 aliphatic rings. The van der Waals surface area contributed by atoms with Crippen LogP contribution in [0.3, 0.4) is 0 Å². The largest absolute Gasteiger partial charge is 0.502 e. The number of nitro groups is 1. The first-order valence-electron chi connectivity index (χ1n) is 4.92. The second-order valence-corrected chi connectivity index (χ2v) is 3.46. The maximum absolute atomic E-state index is 11.5. The van der Waals surface area contributed by atoms with Gasteiger partial charge < -0.3 is 9.67 Å². The highest BCUT2D eigenvalue weighted by Crippen LogP contribution is 2.22. The molecule has 87 valence electrons. The van der Waals surface area contributed by atoms with Crippen molar-refractivity contribution in [2.24, 2.45) is 0 Å². The molecule has 0 unspecified atom stereocenters. The fourth-order valence-corrected chi connectivity index (χ4v) is 1.41. The van der Waals surface area contributed by atoms with E-state index < -0.39 is 21.9 Å². The van der Waals surface area contributed by atoms with Gasteiger partial charge >= 0.3 is 11.2 Å². The number of rotatable bonds is 4. The molecule has 1 heterocycles. The molecule has 0 atom stereocenters. The predicted octanol–water partition coefficient (Wildman–Crippen LogP) is 1.44. The highest BCUT2D eigenvalue weighted by molar-refractivity contribution is 5.44. The minimum Gasteiger partial charge on any atom is -0.502 e. The van der Waals surface area contributed by atoms with Gasteiger partial charge in [-0.3, -0.25) is 14.9 Å². The second kappa shape index (κ2) is 4.78. The minimum atomic E-state index is -0.900. The van der Waals surface area contributed by atoms with Gasteiger partial charge in [0.1, 0.15) is 0 Å². The van der Waals surface area contributed by atoms with Crippen LogP contribution in [0.2, 0.25) is 0 Å². The molecule has 1 N–H and O–H groups in total. The van der Waals surface area contributed by atoms with Crippen LogP contribution in [0, 0.1) is 17.2 Å². The van der Waals surface area contributed by atoms with Gasteiger partial charge in [0.15, 0.2) is 0 Å². The average molecular weight is 225 g/mol. The fourth-order valence-electron chi connectivity index (χ4n) is 1.41. The van der Waals surface area contributed by atoms with Crippen molar-refractivity contribution in [3.63, 3.8) is 0 Å². The van der Waals surface area contributed by atoms with Gasteiger partial charge in [-0.25, -0.2) is 0 Å². The molecule has 1 radical (unpaired) electrons. The summed E-state index contributed by atoms with van der Waals surface area (Å²) in [4.78, 5) is 21.1. The zero-order chi connectivity index (χ0) is 12.3. The number of aromatic nitrogens is 1. The molecule has 0 aliphatic carbocycles. The van der Waals surface area contributed by atoms with Gasteiger partial charge in [0, 0.05) is 18.8 Å². The Bertz CT molecular complexity index is 465. The molecular formula is C10H13N2O4. The summed E-state index contributed by atoms with van der Waals surface area (Å²) in [6.45, 7) is 1.98. The van der Waals surface area contributed by atoms with E-state index in [9.17, 15) is 20.0 Å². The van der Waals surface area contributed by atoms with E-state index in [4.69, 9.17) is 0 Å². The van der Waals surface area contributed by atoms with Gasteiger partial charge in [0.05, 0.1) is 4.92 Å².